The Balaban J connectivity index is 1.61. The number of aryl methyl sites for hydroxylation is 1. The number of nitrogens with zero attached hydrogens (tertiary/aromatic N) is 2. The molecule has 0 bridgehead atoms. The summed E-state index contributed by atoms with van der Waals surface area (Å²) in [6.07, 6.45) is 6.70. The van der Waals surface area contributed by atoms with Crippen LogP contribution in [-0.4, -0.2) is 41.0 Å². The van der Waals surface area contributed by atoms with Crippen LogP contribution in [0.4, 0.5) is 0 Å². The van der Waals surface area contributed by atoms with E-state index in [4.69, 9.17) is 27.9 Å². The maximum atomic E-state index is 12.9. The van der Waals surface area contributed by atoms with E-state index in [2.05, 4.69) is 28.8 Å². The van der Waals surface area contributed by atoms with Gasteiger partial charge in [0.1, 0.15) is 0 Å². The first-order chi connectivity index (χ1) is 15.9. The summed E-state index contributed by atoms with van der Waals surface area (Å²) in [5.74, 6) is -0.701. The predicted molar refractivity (Wildman–Crippen MR) is 132 cm³/mol. The molecule has 1 unspecified atom stereocenters. The Labute approximate surface area is 203 Å². The lowest BCUT2D eigenvalue weighted by molar-refractivity contribution is -0.150. The lowest BCUT2D eigenvalue weighted by atomic mass is 9.97. The third kappa shape index (κ3) is 4.94. The van der Waals surface area contributed by atoms with Crippen molar-refractivity contribution in [3.8, 4) is 11.1 Å². The summed E-state index contributed by atoms with van der Waals surface area (Å²) in [6.45, 7) is 3.08. The van der Waals surface area contributed by atoms with Crippen molar-refractivity contribution in [3.63, 3.8) is 0 Å². The number of esters is 1. The number of hydrogen-bond acceptors (Lipinski definition) is 3. The number of amides is 1. The molecule has 0 aliphatic carbocycles. The van der Waals surface area contributed by atoms with Crippen LogP contribution in [-0.2, 0) is 21.4 Å². The summed E-state index contributed by atoms with van der Waals surface area (Å²) in [5, 5.41) is 1.74. The number of ether oxygens (including phenoxy) is 1. The zero-order chi connectivity index (χ0) is 23.5. The number of aromatic nitrogens is 1. The molecule has 4 rings (SSSR count). The fourth-order valence-electron chi connectivity index (χ4n) is 4.25. The van der Waals surface area contributed by atoms with Gasteiger partial charge < -0.3 is 14.2 Å². The van der Waals surface area contributed by atoms with Crippen molar-refractivity contribution < 1.29 is 14.3 Å². The van der Waals surface area contributed by atoms with E-state index in [1.54, 1.807) is 24.0 Å². The van der Waals surface area contributed by atoms with Gasteiger partial charge in [-0.1, -0.05) is 29.3 Å². The van der Waals surface area contributed by atoms with Crippen LogP contribution in [0.15, 0.2) is 42.6 Å². The molecule has 0 spiro atoms. The molecule has 1 aliphatic rings. The molecule has 1 amide bonds. The Hall–Kier alpha value is -2.76. The molecule has 7 heteroatoms. The van der Waals surface area contributed by atoms with Gasteiger partial charge in [-0.05, 0) is 61.2 Å². The Morgan fingerprint density at radius 2 is 2.09 bits per heavy atom. The summed E-state index contributed by atoms with van der Waals surface area (Å²) in [7, 11) is 2.00. The van der Waals surface area contributed by atoms with Gasteiger partial charge in [0.15, 0.2) is 0 Å². The largest absolute Gasteiger partial charge is 0.466 e. The summed E-state index contributed by atoms with van der Waals surface area (Å²) in [5.41, 5.74) is 3.57. The van der Waals surface area contributed by atoms with E-state index < -0.39 is 0 Å². The van der Waals surface area contributed by atoms with E-state index in [0.29, 0.717) is 35.3 Å². The minimum atomic E-state index is -0.284. The van der Waals surface area contributed by atoms with Crippen LogP contribution >= 0.6 is 23.2 Å². The average Bonchev–Trinajstić information content (AvgIpc) is 3.20. The van der Waals surface area contributed by atoms with Crippen LogP contribution in [0.1, 0.15) is 25.3 Å². The number of fused-ring (bicyclic) bond motifs is 1. The van der Waals surface area contributed by atoms with Crippen molar-refractivity contribution in [2.75, 3.05) is 19.7 Å². The molecule has 5 nitrogen and oxygen atoms in total. The minimum absolute atomic E-state index is 0.173. The van der Waals surface area contributed by atoms with Crippen LogP contribution in [0.5, 0.6) is 0 Å². The third-order valence-corrected chi connectivity index (χ3v) is 6.79. The highest BCUT2D eigenvalue weighted by atomic mass is 35.5. The minimum Gasteiger partial charge on any atom is -0.466 e. The molecule has 2 aromatic carbocycles. The molecule has 1 radical (unpaired) electrons. The van der Waals surface area contributed by atoms with Crippen molar-refractivity contribution in [1.29, 1.82) is 0 Å². The Morgan fingerprint density at radius 3 is 2.88 bits per heavy atom. The molecule has 1 aliphatic heterocycles. The Kier molecular flexibility index (Phi) is 7.11. The van der Waals surface area contributed by atoms with Crippen molar-refractivity contribution >= 4 is 52.1 Å². The summed E-state index contributed by atoms with van der Waals surface area (Å²) >= 11 is 12.8. The van der Waals surface area contributed by atoms with E-state index in [-0.39, 0.29) is 17.8 Å². The number of rotatable bonds is 5. The standard InChI is InChI=1S/C26H25Cl2N2O3/c1-3-33-26(32)19-5-4-13-30(16-19)24(31)11-8-21-20(7-9-22(27)25(21)28)17-6-10-23-18(15-17)12-14-29(23)2/h6-8,10-12,14-15,19H,3-5,13,16H2,1-2H3/b11-8+. The smallest absolute Gasteiger partial charge is 0.310 e. The fraction of sp³-hybridized carbons (Fsp3) is 0.308. The SMILES string of the molecule is CCOC(=O)C1CCCN(C(=O)/C=C/c2c(-c3ccc4c(ccn4C)c3)c[c]c(Cl)c2Cl)C1. The maximum Gasteiger partial charge on any atom is 0.310 e. The second-order valence-electron chi connectivity index (χ2n) is 8.15. The molecule has 33 heavy (non-hydrogen) atoms. The second-order valence-corrected chi connectivity index (χ2v) is 8.91. The number of halogens is 2. The highest BCUT2D eigenvalue weighted by molar-refractivity contribution is 6.43. The molecule has 1 atom stereocenters. The number of piperidine rings is 1. The van der Waals surface area contributed by atoms with Crippen LogP contribution in [0.25, 0.3) is 28.1 Å². The van der Waals surface area contributed by atoms with Crippen molar-refractivity contribution in [2.45, 2.75) is 19.8 Å². The van der Waals surface area contributed by atoms with Gasteiger partial charge in [-0.15, -0.1) is 0 Å². The van der Waals surface area contributed by atoms with E-state index in [0.717, 1.165) is 34.9 Å². The molecule has 0 N–H and O–H groups in total. The highest BCUT2D eigenvalue weighted by Crippen LogP contribution is 2.36. The Bertz CT molecular complexity index is 1230. The van der Waals surface area contributed by atoms with E-state index >= 15 is 0 Å². The van der Waals surface area contributed by atoms with Gasteiger partial charge in [-0.25, -0.2) is 0 Å². The molecule has 1 fully saturated rings. The molecular weight excluding hydrogens is 459 g/mol. The van der Waals surface area contributed by atoms with Gasteiger partial charge in [0.2, 0.25) is 5.91 Å². The van der Waals surface area contributed by atoms with Crippen LogP contribution in [0.2, 0.25) is 10.0 Å². The van der Waals surface area contributed by atoms with Gasteiger partial charge in [-0.2, -0.15) is 0 Å². The zero-order valence-corrected chi connectivity index (χ0v) is 20.1. The van der Waals surface area contributed by atoms with Gasteiger partial charge in [0, 0.05) is 54.9 Å². The molecule has 171 valence electrons. The predicted octanol–water partition coefficient (Wildman–Crippen LogP) is 5.77. The van der Waals surface area contributed by atoms with Crippen LogP contribution in [0, 0.1) is 12.0 Å². The first kappa shape index (κ1) is 23.4. The average molecular weight is 484 g/mol. The van der Waals surface area contributed by atoms with Crippen molar-refractivity contribution in [3.05, 3.63) is 64.3 Å². The number of carbonyl (C=O) groups excluding carboxylic acids is 2. The van der Waals surface area contributed by atoms with Gasteiger partial charge in [0.25, 0.3) is 0 Å². The lowest BCUT2D eigenvalue weighted by Crippen LogP contribution is -2.42. The molecule has 3 aromatic rings. The van der Waals surface area contributed by atoms with Gasteiger partial charge in [0.05, 0.1) is 22.6 Å². The first-order valence-electron chi connectivity index (χ1n) is 11.0. The van der Waals surface area contributed by atoms with Crippen LogP contribution < -0.4 is 0 Å². The number of hydrogen-bond donors (Lipinski definition) is 0. The summed E-state index contributed by atoms with van der Waals surface area (Å²) < 4.78 is 7.19. The van der Waals surface area contributed by atoms with E-state index in [9.17, 15) is 9.59 Å². The number of benzene rings is 2. The fourth-order valence-corrected chi connectivity index (χ4v) is 4.63. The maximum absolute atomic E-state index is 12.9. The number of likely N-dealkylation sites (tertiary alicyclic amines) is 1. The van der Waals surface area contributed by atoms with Crippen molar-refractivity contribution in [1.82, 2.24) is 9.47 Å². The number of carbonyl (C=O) groups is 2. The quantitative estimate of drug-likeness (QED) is 0.342. The third-order valence-electron chi connectivity index (χ3n) is 6.00. The molecule has 1 saturated heterocycles. The highest BCUT2D eigenvalue weighted by Gasteiger charge is 2.28. The lowest BCUT2D eigenvalue weighted by Gasteiger charge is -2.30. The van der Waals surface area contributed by atoms with E-state index in [1.165, 1.54) is 6.08 Å². The van der Waals surface area contributed by atoms with Crippen LogP contribution in [0.3, 0.4) is 0 Å². The van der Waals surface area contributed by atoms with Gasteiger partial charge in [-0.3, -0.25) is 9.59 Å². The van der Waals surface area contributed by atoms with Gasteiger partial charge >= 0.3 is 5.97 Å². The normalized spacial score (nSPS) is 16.5. The first-order valence-corrected chi connectivity index (χ1v) is 11.7. The van der Waals surface area contributed by atoms with E-state index in [1.807, 2.05) is 19.3 Å². The molecule has 2 heterocycles. The molecule has 1 aromatic heterocycles. The second kappa shape index (κ2) is 10.0. The summed E-state index contributed by atoms with van der Waals surface area (Å²) in [4.78, 5) is 26.7. The Morgan fingerprint density at radius 1 is 1.27 bits per heavy atom. The molecular formula is C26H25Cl2N2O3. The van der Waals surface area contributed by atoms with Crippen molar-refractivity contribution in [2.24, 2.45) is 13.0 Å². The monoisotopic (exact) mass is 483 g/mol. The zero-order valence-electron chi connectivity index (χ0n) is 18.6. The molecule has 0 saturated carbocycles. The topological polar surface area (TPSA) is 51.5 Å². The summed E-state index contributed by atoms with van der Waals surface area (Å²) in [6, 6.07) is 13.0.